The van der Waals surface area contributed by atoms with Crippen LogP contribution in [0.1, 0.15) is 0 Å². The molecule has 0 amide bonds. The fraction of sp³-hybridized carbons (Fsp3) is 0.278. The van der Waals surface area contributed by atoms with E-state index in [1.165, 1.54) is 28.0 Å². The molecule has 1 atom stereocenters. The van der Waals surface area contributed by atoms with Crippen molar-refractivity contribution in [1.82, 2.24) is 4.98 Å². The van der Waals surface area contributed by atoms with Crippen molar-refractivity contribution in [3.8, 4) is 16.9 Å². The molecule has 24 heavy (non-hydrogen) atoms. The van der Waals surface area contributed by atoms with E-state index in [9.17, 15) is 5.11 Å². The third-order valence-electron chi connectivity index (χ3n) is 4.33. The van der Waals surface area contributed by atoms with Gasteiger partial charge in [-0.1, -0.05) is 0 Å². The van der Waals surface area contributed by atoms with Gasteiger partial charge in [0.1, 0.15) is 0 Å². The Kier molecular flexibility index (Phi) is 4.35. The Labute approximate surface area is 152 Å². The number of thiophene rings is 1. The van der Waals surface area contributed by atoms with Gasteiger partial charge in [-0.25, -0.2) is 0 Å². The number of rotatable bonds is 5. The first kappa shape index (κ1) is 16.1. The number of nitrogens with zero attached hydrogens (tertiary/aromatic N) is 1. The summed E-state index contributed by atoms with van der Waals surface area (Å²) in [5.74, 6) is 0.830. The van der Waals surface area contributed by atoms with E-state index < -0.39 is 0 Å². The van der Waals surface area contributed by atoms with E-state index in [1.807, 2.05) is 6.07 Å². The normalized spacial score (nSPS) is 16.1. The van der Waals surface area contributed by atoms with Crippen LogP contribution in [0.15, 0.2) is 41.1 Å². The molecule has 4 rings (SSSR count). The number of aliphatic hydroxyl groups excluding tert-OH is 1. The molecule has 0 bridgehead atoms. The average Bonchev–Trinajstić information content (AvgIpc) is 3.08. The quantitative estimate of drug-likeness (QED) is 0.658. The first-order valence-electron chi connectivity index (χ1n) is 7.73. The molecule has 0 aliphatic carbocycles. The van der Waals surface area contributed by atoms with Crippen molar-refractivity contribution < 1.29 is 14.6 Å². The van der Waals surface area contributed by atoms with E-state index in [-0.39, 0.29) is 12.0 Å². The Hall–Kier alpha value is -1.39. The van der Waals surface area contributed by atoms with E-state index in [4.69, 9.17) is 9.47 Å². The molecular weight excluding hydrogens is 385 g/mol. The summed E-state index contributed by atoms with van der Waals surface area (Å²) in [6.45, 7) is 1.65. The molecule has 1 N–H and O–H groups in total. The van der Waals surface area contributed by atoms with Crippen molar-refractivity contribution >= 4 is 43.6 Å². The summed E-state index contributed by atoms with van der Waals surface area (Å²) in [7, 11) is 0. The number of aromatic nitrogens is 1. The summed E-state index contributed by atoms with van der Waals surface area (Å²) >= 11 is 3.16. The van der Waals surface area contributed by atoms with E-state index in [1.54, 1.807) is 11.3 Å². The Morgan fingerprint density at radius 1 is 1.25 bits per heavy atom. The first-order chi connectivity index (χ1) is 11.7. The van der Waals surface area contributed by atoms with Gasteiger partial charge in [0.2, 0.25) is 0 Å². The van der Waals surface area contributed by atoms with E-state index >= 15 is 0 Å². The fourth-order valence-corrected chi connectivity index (χ4v) is 4.06. The zero-order valence-electron chi connectivity index (χ0n) is 13.1. The summed E-state index contributed by atoms with van der Waals surface area (Å²) in [4.78, 5) is 4.68. The zero-order valence-corrected chi connectivity index (χ0v) is 16.3. The van der Waals surface area contributed by atoms with Crippen LogP contribution >= 0.6 is 11.3 Å². The molecule has 1 saturated heterocycles. The van der Waals surface area contributed by atoms with Crippen LogP contribution in [0.2, 0.25) is 0 Å². The second-order valence-corrected chi connectivity index (χ2v) is 8.25. The molecule has 124 valence electrons. The maximum absolute atomic E-state index is 9.56. The van der Waals surface area contributed by atoms with Gasteiger partial charge in [0.25, 0.3) is 0 Å². The molecule has 0 radical (unpaired) electrons. The van der Waals surface area contributed by atoms with Gasteiger partial charge in [-0.2, -0.15) is 0 Å². The van der Waals surface area contributed by atoms with Crippen molar-refractivity contribution in [2.24, 2.45) is 5.41 Å². The molecule has 3 aromatic rings. The second kappa shape index (κ2) is 6.49. The number of hydrogen-bond donors (Lipinski definition) is 1. The molecule has 1 aliphatic heterocycles. The molecular formula is C18H18AsNO3S. The molecule has 1 aliphatic rings. The Morgan fingerprint density at radius 2 is 2.12 bits per heavy atom. The number of aliphatic hydroxyl groups is 1. The summed E-state index contributed by atoms with van der Waals surface area (Å²) in [5, 5.41) is 14.8. The van der Waals surface area contributed by atoms with Crippen molar-refractivity contribution in [2.75, 3.05) is 26.4 Å². The second-order valence-electron chi connectivity index (χ2n) is 6.23. The van der Waals surface area contributed by atoms with Crippen LogP contribution in [-0.4, -0.2) is 53.4 Å². The molecule has 1 unspecified atom stereocenters. The topological polar surface area (TPSA) is 51.6 Å². The van der Waals surface area contributed by atoms with Crippen LogP contribution in [0.5, 0.6) is 5.75 Å². The van der Waals surface area contributed by atoms with E-state index in [0.717, 1.165) is 21.1 Å². The van der Waals surface area contributed by atoms with Gasteiger partial charge in [0.15, 0.2) is 0 Å². The van der Waals surface area contributed by atoms with Crippen molar-refractivity contribution in [1.29, 1.82) is 0 Å². The van der Waals surface area contributed by atoms with Crippen LogP contribution in [-0.2, 0) is 4.74 Å². The Bertz CT molecular complexity index is 857. The number of hydrogen-bond acceptors (Lipinski definition) is 5. The minimum atomic E-state index is -0.259. The summed E-state index contributed by atoms with van der Waals surface area (Å²) < 4.78 is 12.3. The van der Waals surface area contributed by atoms with Crippen molar-refractivity contribution in [3.05, 3.63) is 41.1 Å². The predicted octanol–water partition coefficient (Wildman–Crippen LogP) is 1.61. The average molecular weight is 403 g/mol. The fourth-order valence-electron chi connectivity index (χ4n) is 2.79. The van der Waals surface area contributed by atoms with Crippen LogP contribution in [0.25, 0.3) is 22.0 Å². The molecule has 0 spiro atoms. The third-order valence-corrected chi connectivity index (χ3v) is 5.64. The van der Waals surface area contributed by atoms with Crippen molar-refractivity contribution in [2.45, 2.75) is 0 Å². The van der Waals surface area contributed by atoms with Crippen LogP contribution in [0.4, 0.5) is 0 Å². The number of pyridine rings is 1. The Balaban J connectivity index is 1.68. The monoisotopic (exact) mass is 403 g/mol. The maximum atomic E-state index is 9.56. The SMILES string of the molecule is OCC1(COc2cc([AsH2])nc3cc(-c4ccsc4)ccc23)COC1. The summed E-state index contributed by atoms with van der Waals surface area (Å²) in [5.41, 5.74) is 3.06. The first-order valence-corrected chi connectivity index (χ1v) is 9.89. The standard InChI is InChI=1S/C18H18AsNO3S/c19-17-6-16(23-11-18(8-21)9-22-10-18)14-2-1-12(5-15(14)20-17)13-3-4-24-7-13/h1-7,21H,8-11,19H2. The van der Waals surface area contributed by atoms with Gasteiger partial charge in [0, 0.05) is 0 Å². The number of ether oxygens (including phenoxy) is 2. The van der Waals surface area contributed by atoms with E-state index in [2.05, 4.69) is 40.0 Å². The van der Waals surface area contributed by atoms with Crippen LogP contribution < -0.4 is 9.22 Å². The van der Waals surface area contributed by atoms with Gasteiger partial charge in [-0.3, -0.25) is 0 Å². The molecule has 2 aromatic heterocycles. The van der Waals surface area contributed by atoms with Gasteiger partial charge in [0.05, 0.1) is 0 Å². The van der Waals surface area contributed by atoms with Gasteiger partial charge in [-0.05, 0) is 0 Å². The summed E-state index contributed by atoms with van der Waals surface area (Å²) in [6.07, 6.45) is 0. The molecule has 4 nitrogen and oxygen atoms in total. The van der Waals surface area contributed by atoms with Crippen molar-refractivity contribution in [3.63, 3.8) is 0 Å². The Morgan fingerprint density at radius 3 is 2.79 bits per heavy atom. The zero-order chi connectivity index (χ0) is 16.6. The van der Waals surface area contributed by atoms with Gasteiger partial charge >= 0.3 is 153 Å². The third kappa shape index (κ3) is 2.98. The minimum absolute atomic E-state index is 0.0846. The number of benzene rings is 1. The predicted molar refractivity (Wildman–Crippen MR) is 99.1 cm³/mol. The molecule has 1 fully saturated rings. The van der Waals surface area contributed by atoms with Crippen LogP contribution in [0, 0.1) is 5.41 Å². The van der Waals surface area contributed by atoms with Crippen LogP contribution in [0.3, 0.4) is 0 Å². The molecule has 3 heterocycles. The molecule has 0 saturated carbocycles. The molecule has 1 aromatic carbocycles. The summed E-state index contributed by atoms with van der Waals surface area (Å²) in [6, 6.07) is 10.4. The number of fused-ring (bicyclic) bond motifs is 1. The van der Waals surface area contributed by atoms with E-state index in [0.29, 0.717) is 19.8 Å². The molecule has 6 heteroatoms. The van der Waals surface area contributed by atoms with Gasteiger partial charge < -0.3 is 0 Å². The van der Waals surface area contributed by atoms with Gasteiger partial charge in [-0.15, -0.1) is 0 Å².